The summed E-state index contributed by atoms with van der Waals surface area (Å²) in [5.74, 6) is 1.23. The Bertz CT molecular complexity index is 654. The Kier molecular flexibility index (Phi) is 4.76. The number of amides is 1. The van der Waals surface area contributed by atoms with E-state index in [1.54, 1.807) is 18.2 Å². The second-order valence-corrected chi connectivity index (χ2v) is 9.09. The molecule has 5 heteroatoms. The second kappa shape index (κ2) is 6.75. The molecule has 3 aliphatic rings. The van der Waals surface area contributed by atoms with E-state index in [0.717, 1.165) is 26.2 Å². The third-order valence-corrected chi connectivity index (χ3v) is 7.35. The van der Waals surface area contributed by atoms with Crippen molar-refractivity contribution >= 4 is 29.1 Å². The van der Waals surface area contributed by atoms with Crippen LogP contribution in [0.2, 0.25) is 10.0 Å². The largest absolute Gasteiger partial charge is 0.338 e. The molecular weight excluding hydrogens is 355 g/mol. The summed E-state index contributed by atoms with van der Waals surface area (Å²) in [5, 5.41) is 1.03. The van der Waals surface area contributed by atoms with Crippen LogP contribution in [0.1, 0.15) is 42.5 Å². The molecule has 1 aliphatic carbocycles. The molecule has 136 valence electrons. The number of rotatable bonds is 1. The average molecular weight is 381 g/mol. The summed E-state index contributed by atoms with van der Waals surface area (Å²) in [7, 11) is 2.23. The quantitative estimate of drug-likeness (QED) is 0.711. The van der Waals surface area contributed by atoms with Crippen LogP contribution >= 0.6 is 23.2 Å². The first-order valence-corrected chi connectivity index (χ1v) is 10.2. The molecule has 2 unspecified atom stereocenters. The van der Waals surface area contributed by atoms with E-state index in [4.69, 9.17) is 23.2 Å². The molecule has 4 rings (SSSR count). The molecule has 1 aromatic carbocycles. The number of hydrogen-bond acceptors (Lipinski definition) is 2. The SMILES string of the molecule is CN1CC2CN(C(=O)c3ccc(Cl)cc3Cl)CC(C1)C21CCCCC1. The lowest BCUT2D eigenvalue weighted by Gasteiger charge is -2.59. The zero-order valence-corrected chi connectivity index (χ0v) is 16.3. The van der Waals surface area contributed by atoms with Crippen molar-refractivity contribution in [2.24, 2.45) is 17.3 Å². The molecule has 0 radical (unpaired) electrons. The van der Waals surface area contributed by atoms with Crippen molar-refractivity contribution < 1.29 is 4.79 Å². The lowest BCUT2D eigenvalue weighted by atomic mass is 9.55. The normalized spacial score (nSPS) is 29.0. The van der Waals surface area contributed by atoms with Crippen LogP contribution in [0.25, 0.3) is 0 Å². The molecule has 1 spiro atoms. The van der Waals surface area contributed by atoms with Gasteiger partial charge in [-0.3, -0.25) is 4.79 Å². The zero-order valence-electron chi connectivity index (χ0n) is 14.8. The minimum Gasteiger partial charge on any atom is -0.338 e. The molecule has 0 aromatic heterocycles. The smallest absolute Gasteiger partial charge is 0.255 e. The van der Waals surface area contributed by atoms with E-state index in [2.05, 4.69) is 16.8 Å². The molecule has 25 heavy (non-hydrogen) atoms. The summed E-state index contributed by atoms with van der Waals surface area (Å²) in [6.07, 6.45) is 6.78. The molecule has 0 N–H and O–H groups in total. The van der Waals surface area contributed by atoms with Gasteiger partial charge in [0, 0.05) is 31.2 Å². The number of halogens is 2. The van der Waals surface area contributed by atoms with E-state index < -0.39 is 0 Å². The van der Waals surface area contributed by atoms with E-state index >= 15 is 0 Å². The van der Waals surface area contributed by atoms with Gasteiger partial charge in [0.05, 0.1) is 10.6 Å². The number of benzene rings is 1. The van der Waals surface area contributed by atoms with Gasteiger partial charge in [0.15, 0.2) is 0 Å². The van der Waals surface area contributed by atoms with Crippen molar-refractivity contribution in [2.45, 2.75) is 32.1 Å². The molecule has 2 heterocycles. The number of piperidine rings is 2. The predicted molar refractivity (Wildman–Crippen MR) is 102 cm³/mol. The van der Waals surface area contributed by atoms with Gasteiger partial charge >= 0.3 is 0 Å². The maximum atomic E-state index is 13.1. The molecular formula is C20H26Cl2N2O. The van der Waals surface area contributed by atoms with Gasteiger partial charge < -0.3 is 9.80 Å². The van der Waals surface area contributed by atoms with E-state index in [1.165, 1.54) is 32.1 Å². The van der Waals surface area contributed by atoms with Gasteiger partial charge in [-0.05, 0) is 55.3 Å². The van der Waals surface area contributed by atoms with Crippen LogP contribution < -0.4 is 0 Å². The van der Waals surface area contributed by atoms with Crippen molar-refractivity contribution in [3.63, 3.8) is 0 Å². The predicted octanol–water partition coefficient (Wildman–Crippen LogP) is 4.58. The van der Waals surface area contributed by atoms with Crippen LogP contribution in [-0.2, 0) is 0 Å². The monoisotopic (exact) mass is 380 g/mol. The molecule has 1 aromatic rings. The van der Waals surface area contributed by atoms with E-state index in [9.17, 15) is 4.79 Å². The Morgan fingerprint density at radius 3 is 2.28 bits per heavy atom. The fourth-order valence-electron chi connectivity index (χ4n) is 5.64. The maximum Gasteiger partial charge on any atom is 0.255 e. The Morgan fingerprint density at radius 2 is 1.68 bits per heavy atom. The van der Waals surface area contributed by atoms with Crippen LogP contribution in [0.15, 0.2) is 18.2 Å². The number of carbonyl (C=O) groups is 1. The van der Waals surface area contributed by atoms with Gasteiger partial charge in [-0.15, -0.1) is 0 Å². The summed E-state index contributed by atoms with van der Waals surface area (Å²) in [6, 6.07) is 5.18. The van der Waals surface area contributed by atoms with Crippen molar-refractivity contribution in [3.8, 4) is 0 Å². The second-order valence-electron chi connectivity index (χ2n) is 8.24. The summed E-state index contributed by atoms with van der Waals surface area (Å²) >= 11 is 12.3. The van der Waals surface area contributed by atoms with Gasteiger partial charge in [0.25, 0.3) is 5.91 Å². The van der Waals surface area contributed by atoms with Crippen LogP contribution in [-0.4, -0.2) is 48.9 Å². The number of likely N-dealkylation sites (tertiary alicyclic amines) is 2. The van der Waals surface area contributed by atoms with Crippen molar-refractivity contribution in [3.05, 3.63) is 33.8 Å². The summed E-state index contributed by atoms with van der Waals surface area (Å²) in [6.45, 7) is 3.93. The standard InChI is InChI=1S/C20H26Cl2N2O/c1-23-10-14-12-24(19(25)17-6-5-16(21)9-18(17)22)13-15(11-23)20(14)7-3-2-4-8-20/h5-6,9,14-15H,2-4,7-8,10-13H2,1H3. The summed E-state index contributed by atoms with van der Waals surface area (Å²) in [4.78, 5) is 17.6. The van der Waals surface area contributed by atoms with E-state index in [-0.39, 0.29) is 5.91 Å². The van der Waals surface area contributed by atoms with Gasteiger partial charge in [0.1, 0.15) is 0 Å². The first-order chi connectivity index (χ1) is 12.0. The minimum absolute atomic E-state index is 0.0619. The van der Waals surface area contributed by atoms with Crippen LogP contribution in [0.4, 0.5) is 0 Å². The fraction of sp³-hybridized carbons (Fsp3) is 0.650. The zero-order chi connectivity index (χ0) is 17.6. The van der Waals surface area contributed by atoms with Crippen LogP contribution in [0.3, 0.4) is 0 Å². The number of nitrogens with zero attached hydrogens (tertiary/aromatic N) is 2. The Hall–Kier alpha value is -0.770. The molecule has 3 fully saturated rings. The fourth-order valence-corrected chi connectivity index (χ4v) is 6.12. The van der Waals surface area contributed by atoms with Gasteiger partial charge in [-0.25, -0.2) is 0 Å². The molecule has 2 bridgehead atoms. The molecule has 1 saturated carbocycles. The van der Waals surface area contributed by atoms with E-state index in [1.807, 2.05) is 0 Å². The molecule has 3 nitrogen and oxygen atoms in total. The van der Waals surface area contributed by atoms with Gasteiger partial charge in [0.2, 0.25) is 0 Å². The lowest BCUT2D eigenvalue weighted by molar-refractivity contribution is -0.0960. The highest BCUT2D eigenvalue weighted by molar-refractivity contribution is 6.36. The van der Waals surface area contributed by atoms with Gasteiger partial charge in [-0.1, -0.05) is 42.5 Å². The average Bonchev–Trinajstić information content (AvgIpc) is 2.56. The number of carbonyl (C=O) groups excluding carboxylic acids is 1. The van der Waals surface area contributed by atoms with Gasteiger partial charge in [-0.2, -0.15) is 0 Å². The highest BCUT2D eigenvalue weighted by Gasteiger charge is 2.53. The molecule has 1 amide bonds. The third-order valence-electron chi connectivity index (χ3n) is 6.80. The Labute approximate surface area is 160 Å². The highest BCUT2D eigenvalue weighted by atomic mass is 35.5. The minimum atomic E-state index is 0.0619. The van der Waals surface area contributed by atoms with Crippen molar-refractivity contribution in [1.82, 2.24) is 9.80 Å². The Balaban J connectivity index is 1.59. The van der Waals surface area contributed by atoms with Crippen LogP contribution in [0, 0.1) is 17.3 Å². The first-order valence-electron chi connectivity index (χ1n) is 9.42. The number of hydrogen-bond donors (Lipinski definition) is 0. The maximum absolute atomic E-state index is 13.1. The third kappa shape index (κ3) is 3.09. The molecule has 2 saturated heterocycles. The topological polar surface area (TPSA) is 23.6 Å². The van der Waals surface area contributed by atoms with Crippen molar-refractivity contribution in [1.29, 1.82) is 0 Å². The summed E-state index contributed by atoms with van der Waals surface area (Å²) < 4.78 is 0. The molecule has 2 atom stereocenters. The van der Waals surface area contributed by atoms with Crippen molar-refractivity contribution in [2.75, 3.05) is 33.2 Å². The molecule has 2 aliphatic heterocycles. The first kappa shape index (κ1) is 17.6. The Morgan fingerprint density at radius 1 is 1.04 bits per heavy atom. The van der Waals surface area contributed by atoms with Crippen LogP contribution in [0.5, 0.6) is 0 Å². The summed E-state index contributed by atoms with van der Waals surface area (Å²) in [5.41, 5.74) is 1.04. The van der Waals surface area contributed by atoms with E-state index in [0.29, 0.717) is 32.9 Å². The lowest BCUT2D eigenvalue weighted by Crippen LogP contribution is -2.63. The highest BCUT2D eigenvalue weighted by Crippen LogP contribution is 2.53.